The Morgan fingerprint density at radius 3 is 2.77 bits per heavy atom. The van der Waals surface area contributed by atoms with Crippen LogP contribution in [0.5, 0.6) is 0 Å². The zero-order valence-corrected chi connectivity index (χ0v) is 10.8. The fourth-order valence-corrected chi connectivity index (χ4v) is 2.34. The molecule has 4 rings (SSSR count). The minimum atomic E-state index is -4.42. The van der Waals surface area contributed by atoms with Crippen molar-refractivity contribution < 1.29 is 17.6 Å². The molecule has 0 aliphatic carbocycles. The van der Waals surface area contributed by atoms with Crippen molar-refractivity contribution in [3.8, 4) is 11.3 Å². The van der Waals surface area contributed by atoms with Crippen molar-refractivity contribution in [1.82, 2.24) is 19.9 Å². The van der Waals surface area contributed by atoms with E-state index < -0.39 is 11.7 Å². The first-order valence-corrected chi connectivity index (χ1v) is 6.28. The van der Waals surface area contributed by atoms with Gasteiger partial charge in [-0.25, -0.2) is 15.0 Å². The van der Waals surface area contributed by atoms with Crippen molar-refractivity contribution in [3.05, 3.63) is 42.5 Å². The van der Waals surface area contributed by atoms with E-state index in [4.69, 9.17) is 4.42 Å². The Bertz CT molecular complexity index is 987. The monoisotopic (exact) mass is 304 g/mol. The summed E-state index contributed by atoms with van der Waals surface area (Å²) in [6, 6.07) is 4.94. The third kappa shape index (κ3) is 1.84. The number of aromatic amines is 1. The molecule has 0 aliphatic rings. The molecule has 22 heavy (non-hydrogen) atoms. The highest BCUT2D eigenvalue weighted by atomic mass is 19.4. The zero-order chi connectivity index (χ0) is 15.3. The van der Waals surface area contributed by atoms with Crippen LogP contribution in [0, 0.1) is 0 Å². The number of imidazole rings is 1. The molecule has 0 aliphatic heterocycles. The van der Waals surface area contributed by atoms with Crippen LogP contribution in [0.2, 0.25) is 0 Å². The molecule has 8 heteroatoms. The van der Waals surface area contributed by atoms with Crippen molar-refractivity contribution in [2.24, 2.45) is 0 Å². The molecular formula is C14H7F3N4O. The van der Waals surface area contributed by atoms with E-state index in [2.05, 4.69) is 19.9 Å². The molecule has 3 heterocycles. The minimum absolute atomic E-state index is 0.240. The average molecular weight is 304 g/mol. The number of rotatable bonds is 1. The second kappa shape index (κ2) is 4.30. The molecule has 0 amide bonds. The van der Waals surface area contributed by atoms with Crippen molar-refractivity contribution in [3.63, 3.8) is 0 Å². The van der Waals surface area contributed by atoms with Gasteiger partial charge in [0.05, 0.1) is 17.4 Å². The van der Waals surface area contributed by atoms with Gasteiger partial charge in [-0.05, 0) is 12.1 Å². The number of benzene rings is 1. The molecule has 1 N–H and O–H groups in total. The van der Waals surface area contributed by atoms with Gasteiger partial charge in [0.1, 0.15) is 11.2 Å². The minimum Gasteiger partial charge on any atom is -0.425 e. The summed E-state index contributed by atoms with van der Waals surface area (Å²) in [6.45, 7) is 0. The lowest BCUT2D eigenvalue weighted by Crippen LogP contribution is -2.04. The molecule has 0 atom stereocenters. The molecular weight excluding hydrogens is 297 g/mol. The molecule has 3 aromatic heterocycles. The second-order valence-electron chi connectivity index (χ2n) is 4.67. The van der Waals surface area contributed by atoms with Gasteiger partial charge in [-0.1, -0.05) is 12.1 Å². The fourth-order valence-electron chi connectivity index (χ4n) is 2.34. The van der Waals surface area contributed by atoms with Crippen LogP contribution in [0.15, 0.2) is 41.4 Å². The predicted molar refractivity (Wildman–Crippen MR) is 71.9 cm³/mol. The number of fused-ring (bicyclic) bond motifs is 3. The van der Waals surface area contributed by atoms with Gasteiger partial charge in [-0.15, -0.1) is 0 Å². The van der Waals surface area contributed by atoms with E-state index in [1.54, 1.807) is 6.07 Å². The first kappa shape index (κ1) is 12.8. The van der Waals surface area contributed by atoms with Crippen molar-refractivity contribution in [2.75, 3.05) is 0 Å². The van der Waals surface area contributed by atoms with Gasteiger partial charge < -0.3 is 9.40 Å². The van der Waals surface area contributed by atoms with Crippen LogP contribution in [0.25, 0.3) is 33.5 Å². The highest BCUT2D eigenvalue weighted by Gasteiger charge is 2.30. The van der Waals surface area contributed by atoms with Gasteiger partial charge in [0.15, 0.2) is 11.9 Å². The van der Waals surface area contributed by atoms with E-state index in [1.165, 1.54) is 18.8 Å². The highest BCUT2D eigenvalue weighted by Crippen LogP contribution is 2.34. The lowest BCUT2D eigenvalue weighted by molar-refractivity contribution is -0.137. The number of alkyl halides is 3. The van der Waals surface area contributed by atoms with Gasteiger partial charge in [-0.3, -0.25) is 0 Å². The summed E-state index contributed by atoms with van der Waals surface area (Å²) in [6.07, 6.45) is -1.75. The predicted octanol–water partition coefficient (Wildman–Crippen LogP) is 3.78. The van der Waals surface area contributed by atoms with Gasteiger partial charge in [0, 0.05) is 5.56 Å². The van der Waals surface area contributed by atoms with Crippen molar-refractivity contribution in [1.29, 1.82) is 0 Å². The largest absolute Gasteiger partial charge is 0.425 e. The molecule has 0 fully saturated rings. The van der Waals surface area contributed by atoms with E-state index in [1.807, 2.05) is 0 Å². The highest BCUT2D eigenvalue weighted by molar-refractivity contribution is 6.03. The van der Waals surface area contributed by atoms with Crippen LogP contribution in [0.4, 0.5) is 13.2 Å². The van der Waals surface area contributed by atoms with Gasteiger partial charge in [0.2, 0.25) is 5.71 Å². The Morgan fingerprint density at radius 2 is 1.95 bits per heavy atom. The number of hydrogen-bond donors (Lipinski definition) is 1. The Balaban J connectivity index is 2.02. The molecule has 0 bridgehead atoms. The lowest BCUT2D eigenvalue weighted by atomic mass is 10.1. The van der Waals surface area contributed by atoms with Gasteiger partial charge >= 0.3 is 6.18 Å². The fraction of sp³-hybridized carbons (Fsp3) is 0.0714. The molecule has 1 aromatic carbocycles. The maximum absolute atomic E-state index is 12.9. The van der Waals surface area contributed by atoms with Crippen LogP contribution in [-0.4, -0.2) is 19.9 Å². The molecule has 0 spiro atoms. The van der Waals surface area contributed by atoms with E-state index in [0.717, 1.165) is 12.1 Å². The Labute approximate surface area is 120 Å². The Kier molecular flexibility index (Phi) is 2.50. The topological polar surface area (TPSA) is 67.6 Å². The number of halogens is 3. The Morgan fingerprint density at radius 1 is 1.09 bits per heavy atom. The molecule has 0 saturated carbocycles. The number of aromatic nitrogens is 4. The van der Waals surface area contributed by atoms with E-state index in [0.29, 0.717) is 27.8 Å². The number of hydrogen-bond acceptors (Lipinski definition) is 4. The molecule has 0 radical (unpaired) electrons. The number of nitrogens with zero attached hydrogens (tertiary/aromatic N) is 3. The van der Waals surface area contributed by atoms with Gasteiger partial charge in [0.25, 0.3) is 0 Å². The normalized spacial score (nSPS) is 12.3. The standard InChI is InChI=1S/C14H7F3N4O/c15-14(16,17)8-3-1-2-7(4-8)9-10-11(19-5-18-10)12-13(21-9)22-6-20-12/h1-6H,(H,18,19). The summed E-state index contributed by atoms with van der Waals surface area (Å²) >= 11 is 0. The molecule has 4 aromatic rings. The quantitative estimate of drug-likeness (QED) is 0.581. The molecule has 5 nitrogen and oxygen atoms in total. The molecule has 0 unspecified atom stereocenters. The maximum Gasteiger partial charge on any atom is 0.416 e. The number of H-pyrrole nitrogens is 1. The summed E-state index contributed by atoms with van der Waals surface area (Å²) in [5.74, 6) is 0. The summed E-state index contributed by atoms with van der Waals surface area (Å²) in [5, 5.41) is 0. The van der Waals surface area contributed by atoms with Crippen molar-refractivity contribution >= 4 is 22.3 Å². The first-order valence-electron chi connectivity index (χ1n) is 6.28. The van der Waals surface area contributed by atoms with E-state index in [-0.39, 0.29) is 5.71 Å². The summed E-state index contributed by atoms with van der Waals surface area (Å²) in [4.78, 5) is 15.3. The molecule has 110 valence electrons. The van der Waals surface area contributed by atoms with E-state index in [9.17, 15) is 13.2 Å². The van der Waals surface area contributed by atoms with Crippen LogP contribution < -0.4 is 0 Å². The number of pyridine rings is 1. The van der Waals surface area contributed by atoms with Crippen LogP contribution >= 0.6 is 0 Å². The summed E-state index contributed by atoms with van der Waals surface area (Å²) < 4.78 is 43.8. The lowest BCUT2D eigenvalue weighted by Gasteiger charge is -2.08. The molecule has 0 saturated heterocycles. The van der Waals surface area contributed by atoms with Crippen LogP contribution in [0.3, 0.4) is 0 Å². The zero-order valence-electron chi connectivity index (χ0n) is 10.8. The maximum atomic E-state index is 12.9. The first-order chi connectivity index (χ1) is 10.5. The average Bonchev–Trinajstić information content (AvgIpc) is 3.13. The Hall–Kier alpha value is -2.90. The summed E-state index contributed by atoms with van der Waals surface area (Å²) in [7, 11) is 0. The third-order valence-corrected chi connectivity index (χ3v) is 3.33. The SMILES string of the molecule is FC(F)(F)c1cccc(-c2nc3ocnc3c3[nH]cnc23)c1. The van der Waals surface area contributed by atoms with E-state index >= 15 is 0 Å². The summed E-state index contributed by atoms with van der Waals surface area (Å²) in [5.41, 5.74) is 1.63. The smallest absolute Gasteiger partial charge is 0.416 e. The third-order valence-electron chi connectivity index (χ3n) is 3.33. The van der Waals surface area contributed by atoms with Crippen LogP contribution in [-0.2, 0) is 6.18 Å². The number of nitrogens with one attached hydrogen (secondary N) is 1. The number of oxazole rings is 1. The second-order valence-corrected chi connectivity index (χ2v) is 4.67. The van der Waals surface area contributed by atoms with Crippen molar-refractivity contribution in [2.45, 2.75) is 6.18 Å². The van der Waals surface area contributed by atoms with Gasteiger partial charge in [-0.2, -0.15) is 13.2 Å². The van der Waals surface area contributed by atoms with Crippen LogP contribution in [0.1, 0.15) is 5.56 Å².